The molecule has 0 amide bonds. The van der Waals surface area contributed by atoms with Crippen molar-refractivity contribution in [3.05, 3.63) is 60.1 Å². The van der Waals surface area contributed by atoms with E-state index in [1.165, 1.54) is 5.56 Å². The maximum atomic E-state index is 12.0. The standard InChI is InChI=1S/C15H16O2/c1-12(15-8-5-11-17-15)14(16)10-9-13-6-3-2-4-7-13/h2-8,11-12H,9-10H2,1H3. The highest BCUT2D eigenvalue weighted by Crippen LogP contribution is 2.18. The van der Waals surface area contributed by atoms with Crippen molar-refractivity contribution < 1.29 is 9.21 Å². The van der Waals surface area contributed by atoms with E-state index < -0.39 is 0 Å². The van der Waals surface area contributed by atoms with Crippen molar-refractivity contribution in [2.24, 2.45) is 0 Å². The number of rotatable bonds is 5. The number of aryl methyl sites for hydroxylation is 1. The molecule has 17 heavy (non-hydrogen) atoms. The van der Waals surface area contributed by atoms with Crippen LogP contribution in [-0.4, -0.2) is 5.78 Å². The molecule has 0 aliphatic carbocycles. The van der Waals surface area contributed by atoms with Crippen LogP contribution in [0.5, 0.6) is 0 Å². The fourth-order valence-electron chi connectivity index (χ4n) is 1.83. The van der Waals surface area contributed by atoms with Crippen LogP contribution in [0.15, 0.2) is 53.1 Å². The number of furan rings is 1. The van der Waals surface area contributed by atoms with E-state index in [0.717, 1.165) is 12.2 Å². The summed E-state index contributed by atoms with van der Waals surface area (Å²) in [6, 6.07) is 13.7. The predicted molar refractivity (Wildman–Crippen MR) is 66.9 cm³/mol. The molecule has 2 heteroatoms. The molecule has 0 radical (unpaired) electrons. The second kappa shape index (κ2) is 5.48. The number of ketones is 1. The lowest BCUT2D eigenvalue weighted by atomic mass is 9.98. The summed E-state index contributed by atoms with van der Waals surface area (Å²) >= 11 is 0. The predicted octanol–water partition coefficient (Wildman–Crippen LogP) is 3.59. The molecular weight excluding hydrogens is 212 g/mol. The second-order valence-electron chi connectivity index (χ2n) is 4.19. The highest BCUT2D eigenvalue weighted by molar-refractivity contribution is 5.84. The zero-order valence-electron chi connectivity index (χ0n) is 9.93. The van der Waals surface area contributed by atoms with E-state index in [1.807, 2.05) is 49.4 Å². The Balaban J connectivity index is 1.90. The van der Waals surface area contributed by atoms with Gasteiger partial charge in [0.2, 0.25) is 0 Å². The first-order valence-corrected chi connectivity index (χ1v) is 5.87. The Hall–Kier alpha value is -1.83. The van der Waals surface area contributed by atoms with Crippen molar-refractivity contribution in [1.29, 1.82) is 0 Å². The Labute approximate surface area is 101 Å². The monoisotopic (exact) mass is 228 g/mol. The fourth-order valence-corrected chi connectivity index (χ4v) is 1.83. The zero-order valence-corrected chi connectivity index (χ0v) is 9.93. The van der Waals surface area contributed by atoms with Gasteiger partial charge in [-0.05, 0) is 31.0 Å². The van der Waals surface area contributed by atoms with E-state index in [9.17, 15) is 4.79 Å². The molecule has 1 heterocycles. The molecule has 2 rings (SSSR count). The van der Waals surface area contributed by atoms with Crippen molar-refractivity contribution in [3.8, 4) is 0 Å². The van der Waals surface area contributed by atoms with Crippen LogP contribution in [0.4, 0.5) is 0 Å². The van der Waals surface area contributed by atoms with Gasteiger partial charge >= 0.3 is 0 Å². The topological polar surface area (TPSA) is 30.2 Å². The van der Waals surface area contributed by atoms with Crippen molar-refractivity contribution in [3.63, 3.8) is 0 Å². The molecular formula is C15H16O2. The average Bonchev–Trinajstić information content (AvgIpc) is 2.90. The summed E-state index contributed by atoms with van der Waals surface area (Å²) in [5.74, 6) is 0.834. The molecule has 0 fully saturated rings. The summed E-state index contributed by atoms with van der Waals surface area (Å²) in [7, 11) is 0. The van der Waals surface area contributed by atoms with E-state index in [2.05, 4.69) is 0 Å². The minimum atomic E-state index is -0.145. The van der Waals surface area contributed by atoms with Gasteiger partial charge in [0.25, 0.3) is 0 Å². The summed E-state index contributed by atoms with van der Waals surface area (Å²) in [5, 5.41) is 0. The second-order valence-corrected chi connectivity index (χ2v) is 4.19. The Kier molecular flexibility index (Phi) is 3.76. The van der Waals surface area contributed by atoms with Crippen LogP contribution in [0.25, 0.3) is 0 Å². The third-order valence-electron chi connectivity index (χ3n) is 2.96. The maximum absolute atomic E-state index is 12.0. The number of Topliss-reactive ketones (excluding diaryl/α,β-unsaturated/α-hetero) is 1. The van der Waals surface area contributed by atoms with Crippen LogP contribution in [-0.2, 0) is 11.2 Å². The Morgan fingerprint density at radius 1 is 1.18 bits per heavy atom. The largest absolute Gasteiger partial charge is 0.469 e. The molecule has 1 atom stereocenters. The Morgan fingerprint density at radius 2 is 1.94 bits per heavy atom. The maximum Gasteiger partial charge on any atom is 0.143 e. The van der Waals surface area contributed by atoms with Crippen molar-refractivity contribution in [2.45, 2.75) is 25.7 Å². The molecule has 0 saturated heterocycles. The van der Waals surface area contributed by atoms with Gasteiger partial charge in [0.05, 0.1) is 12.2 Å². The summed E-state index contributed by atoms with van der Waals surface area (Å²) in [5.41, 5.74) is 1.20. The number of benzene rings is 1. The minimum Gasteiger partial charge on any atom is -0.469 e. The quantitative estimate of drug-likeness (QED) is 0.783. The first-order chi connectivity index (χ1) is 8.27. The van der Waals surface area contributed by atoms with Gasteiger partial charge in [-0.25, -0.2) is 0 Å². The Bertz CT molecular complexity index is 457. The molecule has 1 aromatic carbocycles. The van der Waals surface area contributed by atoms with Crippen LogP contribution in [0.3, 0.4) is 0 Å². The molecule has 0 spiro atoms. The van der Waals surface area contributed by atoms with Crippen LogP contribution in [0, 0.1) is 0 Å². The van der Waals surface area contributed by atoms with Crippen molar-refractivity contribution in [2.75, 3.05) is 0 Å². The van der Waals surface area contributed by atoms with E-state index >= 15 is 0 Å². The number of carbonyl (C=O) groups excluding carboxylic acids is 1. The molecule has 0 aliphatic heterocycles. The van der Waals surface area contributed by atoms with Gasteiger partial charge in [-0.1, -0.05) is 30.3 Å². The van der Waals surface area contributed by atoms with Crippen LogP contribution < -0.4 is 0 Å². The number of carbonyl (C=O) groups is 1. The molecule has 88 valence electrons. The van der Waals surface area contributed by atoms with E-state index in [1.54, 1.807) is 6.26 Å². The fraction of sp³-hybridized carbons (Fsp3) is 0.267. The first-order valence-electron chi connectivity index (χ1n) is 5.87. The smallest absolute Gasteiger partial charge is 0.143 e. The molecule has 0 bridgehead atoms. The summed E-state index contributed by atoms with van der Waals surface area (Å²) < 4.78 is 5.25. The molecule has 0 N–H and O–H groups in total. The third-order valence-corrected chi connectivity index (χ3v) is 2.96. The Morgan fingerprint density at radius 3 is 2.59 bits per heavy atom. The molecule has 2 aromatic rings. The van der Waals surface area contributed by atoms with Gasteiger partial charge in [-0.15, -0.1) is 0 Å². The van der Waals surface area contributed by atoms with Gasteiger partial charge < -0.3 is 4.42 Å². The highest BCUT2D eigenvalue weighted by atomic mass is 16.3. The third kappa shape index (κ3) is 3.06. The van der Waals surface area contributed by atoms with Gasteiger partial charge in [-0.3, -0.25) is 4.79 Å². The SMILES string of the molecule is CC(C(=O)CCc1ccccc1)c1ccco1. The van der Waals surface area contributed by atoms with Gasteiger partial charge in [0.1, 0.15) is 11.5 Å². The van der Waals surface area contributed by atoms with Crippen molar-refractivity contribution in [1.82, 2.24) is 0 Å². The summed E-state index contributed by atoms with van der Waals surface area (Å²) in [6.07, 6.45) is 2.97. The summed E-state index contributed by atoms with van der Waals surface area (Å²) in [4.78, 5) is 12.0. The normalized spacial score (nSPS) is 12.3. The molecule has 1 unspecified atom stereocenters. The van der Waals surface area contributed by atoms with Crippen molar-refractivity contribution >= 4 is 5.78 Å². The van der Waals surface area contributed by atoms with Crippen LogP contribution in [0.2, 0.25) is 0 Å². The zero-order chi connectivity index (χ0) is 12.1. The highest BCUT2D eigenvalue weighted by Gasteiger charge is 2.17. The van der Waals surface area contributed by atoms with Gasteiger partial charge in [0, 0.05) is 6.42 Å². The number of hydrogen-bond acceptors (Lipinski definition) is 2. The lowest BCUT2D eigenvalue weighted by Crippen LogP contribution is -2.09. The lowest BCUT2D eigenvalue weighted by Gasteiger charge is -2.07. The van der Waals surface area contributed by atoms with Gasteiger partial charge in [0.15, 0.2) is 0 Å². The average molecular weight is 228 g/mol. The van der Waals surface area contributed by atoms with Crippen LogP contribution >= 0.6 is 0 Å². The first kappa shape index (κ1) is 11.6. The molecule has 0 saturated carbocycles. The minimum absolute atomic E-state index is 0.145. The summed E-state index contributed by atoms with van der Waals surface area (Å²) in [6.45, 7) is 1.90. The molecule has 1 aromatic heterocycles. The van der Waals surface area contributed by atoms with E-state index in [-0.39, 0.29) is 11.7 Å². The number of hydrogen-bond donors (Lipinski definition) is 0. The van der Waals surface area contributed by atoms with E-state index in [0.29, 0.717) is 6.42 Å². The van der Waals surface area contributed by atoms with E-state index in [4.69, 9.17) is 4.42 Å². The van der Waals surface area contributed by atoms with Gasteiger partial charge in [-0.2, -0.15) is 0 Å². The van der Waals surface area contributed by atoms with Crippen LogP contribution in [0.1, 0.15) is 30.6 Å². The lowest BCUT2D eigenvalue weighted by molar-refractivity contribution is -0.120. The molecule has 0 aliphatic rings. The molecule has 2 nitrogen and oxygen atoms in total.